The summed E-state index contributed by atoms with van der Waals surface area (Å²) in [5, 5.41) is 2.53. The minimum absolute atomic E-state index is 0.0532. The molecule has 0 unspecified atom stereocenters. The zero-order valence-corrected chi connectivity index (χ0v) is 9.96. The van der Waals surface area contributed by atoms with Gasteiger partial charge in [0.1, 0.15) is 0 Å². The SMILES string of the molecule is CCCCCCC/C=C/C=C/C(=O)NC. The van der Waals surface area contributed by atoms with Gasteiger partial charge in [-0.05, 0) is 12.8 Å². The first-order valence-electron chi connectivity index (χ1n) is 5.86. The number of hydrogen-bond donors (Lipinski definition) is 1. The molecule has 0 saturated carbocycles. The third-order valence-corrected chi connectivity index (χ3v) is 2.22. The molecule has 1 N–H and O–H groups in total. The summed E-state index contributed by atoms with van der Waals surface area (Å²) < 4.78 is 0. The molecule has 0 aliphatic carbocycles. The Morgan fingerprint density at radius 3 is 2.53 bits per heavy atom. The zero-order valence-electron chi connectivity index (χ0n) is 9.96. The number of rotatable bonds is 8. The van der Waals surface area contributed by atoms with Crippen LogP contribution in [0, 0.1) is 0 Å². The van der Waals surface area contributed by atoms with Gasteiger partial charge in [0.2, 0.25) is 5.91 Å². The predicted octanol–water partition coefficient (Wildman–Crippen LogP) is 3.21. The summed E-state index contributed by atoms with van der Waals surface area (Å²) in [6.45, 7) is 2.23. The van der Waals surface area contributed by atoms with Gasteiger partial charge in [-0.1, -0.05) is 50.8 Å². The molecule has 0 aromatic heterocycles. The number of unbranched alkanes of at least 4 members (excludes halogenated alkanes) is 5. The summed E-state index contributed by atoms with van der Waals surface area (Å²) in [6.07, 6.45) is 15.0. The van der Waals surface area contributed by atoms with Crippen molar-refractivity contribution in [2.24, 2.45) is 0 Å². The summed E-state index contributed by atoms with van der Waals surface area (Å²) in [7, 11) is 1.63. The van der Waals surface area contributed by atoms with Crippen molar-refractivity contribution in [2.75, 3.05) is 7.05 Å². The van der Waals surface area contributed by atoms with E-state index in [4.69, 9.17) is 0 Å². The average molecular weight is 209 g/mol. The predicted molar refractivity (Wildman–Crippen MR) is 65.7 cm³/mol. The van der Waals surface area contributed by atoms with Crippen LogP contribution in [0.15, 0.2) is 24.3 Å². The van der Waals surface area contributed by atoms with Gasteiger partial charge < -0.3 is 5.32 Å². The van der Waals surface area contributed by atoms with Gasteiger partial charge in [-0.3, -0.25) is 4.79 Å². The molecule has 1 amide bonds. The van der Waals surface area contributed by atoms with Gasteiger partial charge in [-0.15, -0.1) is 0 Å². The first-order valence-corrected chi connectivity index (χ1v) is 5.86. The third kappa shape index (κ3) is 10.9. The highest BCUT2D eigenvalue weighted by Crippen LogP contribution is 2.05. The molecule has 0 radical (unpaired) electrons. The lowest BCUT2D eigenvalue weighted by molar-refractivity contribution is -0.116. The van der Waals surface area contributed by atoms with Crippen molar-refractivity contribution in [1.82, 2.24) is 5.32 Å². The summed E-state index contributed by atoms with van der Waals surface area (Å²) in [5.41, 5.74) is 0. The van der Waals surface area contributed by atoms with Crippen LogP contribution in [0.2, 0.25) is 0 Å². The summed E-state index contributed by atoms with van der Waals surface area (Å²) in [4.78, 5) is 10.8. The standard InChI is InChI=1S/C13H23NO/c1-3-4-5-6-7-8-9-10-11-12-13(15)14-2/h9-12H,3-8H2,1-2H3,(H,14,15)/b10-9+,12-11+. The Bertz CT molecular complexity index is 207. The molecule has 2 nitrogen and oxygen atoms in total. The second-order valence-corrected chi connectivity index (χ2v) is 3.60. The van der Waals surface area contributed by atoms with Crippen LogP contribution in [0.3, 0.4) is 0 Å². The maximum Gasteiger partial charge on any atom is 0.243 e. The van der Waals surface area contributed by atoms with Gasteiger partial charge in [0.15, 0.2) is 0 Å². The molecular weight excluding hydrogens is 186 g/mol. The molecule has 0 bridgehead atoms. The second kappa shape index (κ2) is 11.0. The zero-order chi connectivity index (χ0) is 11.4. The number of carbonyl (C=O) groups is 1. The Labute approximate surface area is 93.5 Å². The van der Waals surface area contributed by atoms with Crippen LogP contribution in [0.1, 0.15) is 45.4 Å². The van der Waals surface area contributed by atoms with E-state index in [1.165, 1.54) is 38.2 Å². The topological polar surface area (TPSA) is 29.1 Å². The maximum atomic E-state index is 10.8. The molecule has 0 saturated heterocycles. The largest absolute Gasteiger partial charge is 0.356 e. The summed E-state index contributed by atoms with van der Waals surface area (Å²) >= 11 is 0. The lowest BCUT2D eigenvalue weighted by atomic mass is 10.1. The lowest BCUT2D eigenvalue weighted by Gasteiger charge is -1.95. The van der Waals surface area contributed by atoms with Crippen molar-refractivity contribution in [3.63, 3.8) is 0 Å². The van der Waals surface area contributed by atoms with E-state index in [2.05, 4.69) is 18.3 Å². The fourth-order valence-electron chi connectivity index (χ4n) is 1.27. The number of likely N-dealkylation sites (N-methyl/N-ethyl adjacent to an activating group) is 1. The molecule has 86 valence electrons. The Morgan fingerprint density at radius 2 is 1.87 bits per heavy atom. The Kier molecular flexibility index (Phi) is 10.3. The van der Waals surface area contributed by atoms with E-state index in [0.29, 0.717) is 0 Å². The molecule has 0 aromatic carbocycles. The van der Waals surface area contributed by atoms with Crippen LogP contribution in [0.5, 0.6) is 0 Å². The van der Waals surface area contributed by atoms with Gasteiger partial charge in [0.25, 0.3) is 0 Å². The normalized spacial score (nSPS) is 11.3. The van der Waals surface area contributed by atoms with Crippen LogP contribution in [0.4, 0.5) is 0 Å². The van der Waals surface area contributed by atoms with E-state index in [1.807, 2.05) is 6.08 Å². The van der Waals surface area contributed by atoms with Gasteiger partial charge in [-0.2, -0.15) is 0 Å². The first kappa shape index (κ1) is 13.9. The second-order valence-electron chi connectivity index (χ2n) is 3.60. The van der Waals surface area contributed by atoms with Gasteiger partial charge in [0.05, 0.1) is 0 Å². The van der Waals surface area contributed by atoms with E-state index >= 15 is 0 Å². The van der Waals surface area contributed by atoms with Crippen LogP contribution in [-0.2, 0) is 4.79 Å². The third-order valence-electron chi connectivity index (χ3n) is 2.22. The highest BCUT2D eigenvalue weighted by atomic mass is 16.1. The number of allylic oxidation sites excluding steroid dienone is 3. The van der Waals surface area contributed by atoms with Crippen LogP contribution in [-0.4, -0.2) is 13.0 Å². The van der Waals surface area contributed by atoms with E-state index < -0.39 is 0 Å². The van der Waals surface area contributed by atoms with Crippen molar-refractivity contribution < 1.29 is 4.79 Å². The Morgan fingerprint density at radius 1 is 1.13 bits per heavy atom. The molecule has 0 aromatic rings. The van der Waals surface area contributed by atoms with Crippen molar-refractivity contribution >= 4 is 5.91 Å². The van der Waals surface area contributed by atoms with E-state index in [0.717, 1.165) is 6.42 Å². The van der Waals surface area contributed by atoms with Crippen LogP contribution >= 0.6 is 0 Å². The number of amides is 1. The molecule has 2 heteroatoms. The molecule has 0 aliphatic heterocycles. The smallest absolute Gasteiger partial charge is 0.243 e. The highest BCUT2D eigenvalue weighted by molar-refractivity contribution is 5.87. The minimum atomic E-state index is -0.0532. The van der Waals surface area contributed by atoms with E-state index in [-0.39, 0.29) is 5.91 Å². The average Bonchev–Trinajstić information content (AvgIpc) is 2.26. The van der Waals surface area contributed by atoms with E-state index in [9.17, 15) is 4.79 Å². The summed E-state index contributed by atoms with van der Waals surface area (Å²) in [6, 6.07) is 0. The van der Waals surface area contributed by atoms with Crippen LogP contribution < -0.4 is 5.32 Å². The summed E-state index contributed by atoms with van der Waals surface area (Å²) in [5.74, 6) is -0.0532. The Balaban J connectivity index is 3.31. The van der Waals surface area contributed by atoms with Crippen molar-refractivity contribution in [3.05, 3.63) is 24.3 Å². The molecule has 0 atom stereocenters. The van der Waals surface area contributed by atoms with Crippen LogP contribution in [0.25, 0.3) is 0 Å². The van der Waals surface area contributed by atoms with Gasteiger partial charge >= 0.3 is 0 Å². The monoisotopic (exact) mass is 209 g/mol. The lowest BCUT2D eigenvalue weighted by Crippen LogP contribution is -2.13. The molecular formula is C13H23NO. The molecule has 0 fully saturated rings. The van der Waals surface area contributed by atoms with Gasteiger partial charge in [0, 0.05) is 13.1 Å². The molecule has 0 rings (SSSR count). The molecule has 0 spiro atoms. The van der Waals surface area contributed by atoms with Gasteiger partial charge in [-0.25, -0.2) is 0 Å². The number of hydrogen-bond acceptors (Lipinski definition) is 1. The first-order chi connectivity index (χ1) is 7.31. The fraction of sp³-hybridized carbons (Fsp3) is 0.615. The van der Waals surface area contributed by atoms with Crippen molar-refractivity contribution in [2.45, 2.75) is 45.4 Å². The molecule has 15 heavy (non-hydrogen) atoms. The minimum Gasteiger partial charge on any atom is -0.356 e. The number of nitrogens with one attached hydrogen (secondary N) is 1. The highest BCUT2D eigenvalue weighted by Gasteiger charge is 1.86. The van der Waals surface area contributed by atoms with Crippen molar-refractivity contribution in [1.29, 1.82) is 0 Å². The fourth-order valence-corrected chi connectivity index (χ4v) is 1.27. The van der Waals surface area contributed by atoms with E-state index in [1.54, 1.807) is 13.1 Å². The number of carbonyl (C=O) groups excluding carboxylic acids is 1. The quantitative estimate of drug-likeness (QED) is 0.371. The molecule has 0 heterocycles. The van der Waals surface area contributed by atoms with Crippen molar-refractivity contribution in [3.8, 4) is 0 Å². The molecule has 0 aliphatic rings. The Hall–Kier alpha value is -1.05. The maximum absolute atomic E-state index is 10.8.